The highest BCUT2D eigenvalue weighted by Crippen LogP contribution is 2.19. The third-order valence-corrected chi connectivity index (χ3v) is 3.79. The Bertz CT molecular complexity index is 799. The molecule has 3 aromatic rings. The molecule has 7 nitrogen and oxygen atoms in total. The van der Waals surface area contributed by atoms with Crippen molar-refractivity contribution < 1.29 is 14.3 Å². The molecule has 0 fully saturated rings. The molecule has 0 unspecified atom stereocenters. The highest BCUT2D eigenvalue weighted by molar-refractivity contribution is 7.13. The summed E-state index contributed by atoms with van der Waals surface area (Å²) in [5, 5.41) is 13.7. The second-order valence-corrected chi connectivity index (χ2v) is 5.52. The first-order valence-corrected chi connectivity index (χ1v) is 7.66. The van der Waals surface area contributed by atoms with Crippen LogP contribution in [0.3, 0.4) is 0 Å². The van der Waals surface area contributed by atoms with E-state index in [9.17, 15) is 9.59 Å². The lowest BCUT2D eigenvalue weighted by molar-refractivity contribution is -0.143. The lowest BCUT2D eigenvalue weighted by Gasteiger charge is -2.03. The number of Topliss-reactive ketones (excluding diaryl/α,β-unsaturated/α-hetero) is 1. The first-order valence-electron chi connectivity index (χ1n) is 6.78. The molecule has 0 bridgehead atoms. The van der Waals surface area contributed by atoms with Gasteiger partial charge in [-0.25, -0.2) is 4.79 Å². The average molecular weight is 328 g/mol. The van der Waals surface area contributed by atoms with Gasteiger partial charge in [-0.15, -0.1) is 21.5 Å². The fourth-order valence-corrected chi connectivity index (χ4v) is 2.48. The lowest BCUT2D eigenvalue weighted by atomic mass is 10.1. The van der Waals surface area contributed by atoms with Crippen LogP contribution in [-0.2, 0) is 16.1 Å². The number of carbonyl (C=O) groups excluding carboxylic acids is 2. The van der Waals surface area contributed by atoms with Crippen molar-refractivity contribution in [3.8, 4) is 10.7 Å². The van der Waals surface area contributed by atoms with Crippen LogP contribution in [0.4, 0.5) is 0 Å². The summed E-state index contributed by atoms with van der Waals surface area (Å²) in [6.07, 6.45) is 0. The number of esters is 1. The van der Waals surface area contributed by atoms with Crippen molar-refractivity contribution in [2.45, 2.75) is 6.54 Å². The van der Waals surface area contributed by atoms with Crippen LogP contribution >= 0.6 is 11.3 Å². The summed E-state index contributed by atoms with van der Waals surface area (Å²) < 4.78 is 4.95. The molecule has 0 spiro atoms. The summed E-state index contributed by atoms with van der Waals surface area (Å²) in [7, 11) is 0. The highest BCUT2D eigenvalue weighted by Gasteiger charge is 2.13. The van der Waals surface area contributed by atoms with Gasteiger partial charge in [-0.2, -0.15) is 4.80 Å². The molecule has 116 valence electrons. The highest BCUT2D eigenvalue weighted by atomic mass is 32.1. The van der Waals surface area contributed by atoms with Crippen LogP contribution in [0.2, 0.25) is 0 Å². The number of tetrazole rings is 1. The number of rotatable bonds is 6. The second-order valence-electron chi connectivity index (χ2n) is 4.57. The fourth-order valence-electron chi connectivity index (χ4n) is 1.83. The quantitative estimate of drug-likeness (QED) is 0.507. The molecule has 0 aliphatic carbocycles. The number of hydrogen-bond acceptors (Lipinski definition) is 7. The van der Waals surface area contributed by atoms with Crippen LogP contribution in [0, 0.1) is 0 Å². The maximum atomic E-state index is 11.8. The summed E-state index contributed by atoms with van der Waals surface area (Å²) in [4.78, 5) is 25.6. The van der Waals surface area contributed by atoms with Gasteiger partial charge in [-0.05, 0) is 16.7 Å². The zero-order valence-corrected chi connectivity index (χ0v) is 12.8. The summed E-state index contributed by atoms with van der Waals surface area (Å²) in [6, 6.07) is 12.4. The van der Waals surface area contributed by atoms with Crippen LogP contribution in [0.5, 0.6) is 0 Å². The van der Waals surface area contributed by atoms with Crippen molar-refractivity contribution >= 4 is 23.1 Å². The predicted molar refractivity (Wildman–Crippen MR) is 82.9 cm³/mol. The van der Waals surface area contributed by atoms with Crippen LogP contribution in [0.25, 0.3) is 10.7 Å². The second kappa shape index (κ2) is 6.93. The van der Waals surface area contributed by atoms with Gasteiger partial charge >= 0.3 is 5.97 Å². The zero-order valence-electron chi connectivity index (χ0n) is 12.0. The monoisotopic (exact) mass is 328 g/mol. The molecular weight excluding hydrogens is 316 g/mol. The molecule has 0 amide bonds. The minimum absolute atomic E-state index is 0.194. The Kier molecular flexibility index (Phi) is 4.53. The molecule has 8 heteroatoms. The lowest BCUT2D eigenvalue weighted by Crippen LogP contribution is -2.19. The van der Waals surface area contributed by atoms with E-state index in [1.165, 1.54) is 11.3 Å². The fraction of sp³-hybridized carbons (Fsp3) is 0.133. The van der Waals surface area contributed by atoms with Crippen LogP contribution in [0.15, 0.2) is 47.8 Å². The van der Waals surface area contributed by atoms with Crippen molar-refractivity contribution in [2.24, 2.45) is 0 Å². The van der Waals surface area contributed by atoms with E-state index >= 15 is 0 Å². The summed E-state index contributed by atoms with van der Waals surface area (Å²) in [5.41, 5.74) is 0.499. The first-order chi connectivity index (χ1) is 11.2. The Morgan fingerprint density at radius 2 is 1.96 bits per heavy atom. The van der Waals surface area contributed by atoms with Crippen LogP contribution < -0.4 is 0 Å². The van der Waals surface area contributed by atoms with Gasteiger partial charge in [-0.1, -0.05) is 36.4 Å². The van der Waals surface area contributed by atoms with E-state index in [0.717, 1.165) is 9.67 Å². The average Bonchev–Trinajstić information content (AvgIpc) is 3.24. The van der Waals surface area contributed by atoms with E-state index in [1.54, 1.807) is 24.3 Å². The number of carbonyl (C=O) groups is 2. The van der Waals surface area contributed by atoms with E-state index in [4.69, 9.17) is 4.74 Å². The molecule has 0 aliphatic heterocycles. The van der Waals surface area contributed by atoms with Gasteiger partial charge in [0, 0.05) is 5.56 Å². The SMILES string of the molecule is O=C(Cn1nnc(-c2cccs2)n1)OCC(=O)c1ccccc1. The Morgan fingerprint density at radius 1 is 1.13 bits per heavy atom. The maximum Gasteiger partial charge on any atom is 0.330 e. The van der Waals surface area contributed by atoms with Gasteiger partial charge < -0.3 is 4.74 Å². The molecule has 0 aliphatic rings. The largest absolute Gasteiger partial charge is 0.456 e. The van der Waals surface area contributed by atoms with Crippen molar-refractivity contribution in [3.63, 3.8) is 0 Å². The molecule has 0 saturated carbocycles. The Labute approximate surface area is 135 Å². The summed E-state index contributed by atoms with van der Waals surface area (Å²) in [5.74, 6) is -0.401. The molecule has 0 saturated heterocycles. The number of benzene rings is 1. The minimum atomic E-state index is -0.593. The van der Waals surface area contributed by atoms with Gasteiger partial charge in [0.15, 0.2) is 18.9 Å². The topological polar surface area (TPSA) is 87.0 Å². The number of thiophene rings is 1. The van der Waals surface area contributed by atoms with Crippen LogP contribution in [-0.4, -0.2) is 38.6 Å². The van der Waals surface area contributed by atoms with E-state index in [2.05, 4.69) is 15.4 Å². The zero-order chi connectivity index (χ0) is 16.1. The number of hydrogen-bond donors (Lipinski definition) is 0. The molecule has 2 heterocycles. The predicted octanol–water partition coefficient (Wildman–Crippen LogP) is 1.83. The Balaban J connectivity index is 1.53. The minimum Gasteiger partial charge on any atom is -0.456 e. The normalized spacial score (nSPS) is 10.4. The van der Waals surface area contributed by atoms with Gasteiger partial charge in [0.05, 0.1) is 4.88 Å². The third-order valence-electron chi connectivity index (χ3n) is 2.92. The molecule has 23 heavy (non-hydrogen) atoms. The van der Waals surface area contributed by atoms with E-state index in [0.29, 0.717) is 11.4 Å². The van der Waals surface area contributed by atoms with Crippen molar-refractivity contribution in [1.82, 2.24) is 20.2 Å². The first kappa shape index (κ1) is 15.0. The number of nitrogens with zero attached hydrogens (tertiary/aromatic N) is 4. The van der Waals surface area contributed by atoms with Gasteiger partial charge in [0.25, 0.3) is 0 Å². The molecule has 0 radical (unpaired) electrons. The Morgan fingerprint density at radius 3 is 2.70 bits per heavy atom. The molecule has 3 rings (SSSR count). The van der Waals surface area contributed by atoms with E-state index in [1.807, 2.05) is 23.6 Å². The number of ether oxygens (including phenoxy) is 1. The van der Waals surface area contributed by atoms with Gasteiger partial charge in [0.2, 0.25) is 5.82 Å². The van der Waals surface area contributed by atoms with Gasteiger partial charge in [0.1, 0.15) is 0 Å². The van der Waals surface area contributed by atoms with E-state index in [-0.39, 0.29) is 18.9 Å². The number of aromatic nitrogens is 4. The smallest absolute Gasteiger partial charge is 0.330 e. The standard InChI is InChI=1S/C15H12N4O3S/c20-12(11-5-2-1-3-6-11)10-22-14(21)9-19-17-15(16-18-19)13-7-4-8-23-13/h1-8H,9-10H2. The van der Waals surface area contributed by atoms with Crippen LogP contribution in [0.1, 0.15) is 10.4 Å². The van der Waals surface area contributed by atoms with Gasteiger partial charge in [-0.3, -0.25) is 4.79 Å². The number of ketones is 1. The van der Waals surface area contributed by atoms with Crippen molar-refractivity contribution in [1.29, 1.82) is 0 Å². The molecule has 0 atom stereocenters. The molecular formula is C15H12N4O3S. The maximum absolute atomic E-state index is 11.8. The van der Waals surface area contributed by atoms with E-state index < -0.39 is 5.97 Å². The Hall–Kier alpha value is -2.87. The molecule has 2 aromatic heterocycles. The van der Waals surface area contributed by atoms with Crippen molar-refractivity contribution in [2.75, 3.05) is 6.61 Å². The van der Waals surface area contributed by atoms with Crippen molar-refractivity contribution in [3.05, 3.63) is 53.4 Å². The third kappa shape index (κ3) is 3.86. The molecule has 1 aromatic carbocycles. The summed E-state index contributed by atoms with van der Waals surface area (Å²) in [6.45, 7) is -0.504. The summed E-state index contributed by atoms with van der Waals surface area (Å²) >= 11 is 1.48. The molecule has 0 N–H and O–H groups in total.